The minimum atomic E-state index is 0.0539. The molecule has 2 aliphatic rings. The van der Waals surface area contributed by atoms with Crippen molar-refractivity contribution in [2.75, 3.05) is 24.6 Å². The highest BCUT2D eigenvalue weighted by atomic mass is 16.2. The summed E-state index contributed by atoms with van der Waals surface area (Å²) in [7, 11) is 0. The van der Waals surface area contributed by atoms with Gasteiger partial charge in [0, 0.05) is 24.5 Å². The average molecular weight is 287 g/mol. The quantitative estimate of drug-likeness (QED) is 0.780. The lowest BCUT2D eigenvalue weighted by molar-refractivity contribution is 0.0473. The Morgan fingerprint density at radius 1 is 1.00 bits per heavy atom. The highest BCUT2D eigenvalue weighted by molar-refractivity contribution is 5.99. The van der Waals surface area contributed by atoms with Crippen LogP contribution in [0.1, 0.15) is 55.3 Å². The van der Waals surface area contributed by atoms with Crippen molar-refractivity contribution >= 4 is 17.3 Å². The van der Waals surface area contributed by atoms with Gasteiger partial charge >= 0.3 is 0 Å². The van der Waals surface area contributed by atoms with Gasteiger partial charge in [-0.25, -0.2) is 0 Å². The molecule has 1 heterocycles. The zero-order valence-electron chi connectivity index (χ0n) is 12.6. The fourth-order valence-electron chi connectivity index (χ4n) is 3.93. The van der Waals surface area contributed by atoms with E-state index in [1.165, 1.54) is 32.1 Å². The smallest absolute Gasteiger partial charge is 0.255 e. The van der Waals surface area contributed by atoms with E-state index < -0.39 is 0 Å². The Hall–Kier alpha value is -1.71. The zero-order chi connectivity index (χ0) is 14.9. The maximum atomic E-state index is 12.6. The highest BCUT2D eigenvalue weighted by Gasteiger charge is 2.36. The molecule has 1 amide bonds. The average Bonchev–Trinajstić information content (AvgIpc) is 2.48. The third kappa shape index (κ3) is 2.85. The third-order valence-electron chi connectivity index (χ3n) is 5.33. The van der Waals surface area contributed by atoms with Crippen molar-refractivity contribution in [3.63, 3.8) is 0 Å². The molecule has 0 atom stereocenters. The number of amides is 1. The largest absolute Gasteiger partial charge is 0.399 e. The molecule has 4 nitrogen and oxygen atoms in total. The number of carbonyl (C=O) groups excluding carboxylic acids is 1. The van der Waals surface area contributed by atoms with Gasteiger partial charge in [0.2, 0.25) is 0 Å². The first-order valence-electron chi connectivity index (χ1n) is 8.04. The van der Waals surface area contributed by atoms with Crippen LogP contribution in [0.4, 0.5) is 11.4 Å². The van der Waals surface area contributed by atoms with E-state index in [1.807, 2.05) is 4.90 Å². The highest BCUT2D eigenvalue weighted by Crippen LogP contribution is 2.44. The molecule has 1 aliphatic carbocycles. The summed E-state index contributed by atoms with van der Waals surface area (Å²) in [6.07, 6.45) is 9.09. The minimum absolute atomic E-state index is 0.0539. The SMILES string of the molecule is Nc1ccc(C(=O)N2CCC3(CCCCC3)CC2)c(N)c1. The summed E-state index contributed by atoms with van der Waals surface area (Å²) in [6, 6.07) is 5.16. The lowest BCUT2D eigenvalue weighted by Crippen LogP contribution is -2.44. The van der Waals surface area contributed by atoms with Crippen LogP contribution in [0.15, 0.2) is 18.2 Å². The molecule has 0 radical (unpaired) electrons. The number of carbonyl (C=O) groups is 1. The number of likely N-dealkylation sites (tertiary alicyclic amines) is 1. The fourth-order valence-corrected chi connectivity index (χ4v) is 3.93. The third-order valence-corrected chi connectivity index (χ3v) is 5.33. The normalized spacial score (nSPS) is 21.4. The zero-order valence-corrected chi connectivity index (χ0v) is 12.6. The Balaban J connectivity index is 1.67. The van der Waals surface area contributed by atoms with Crippen LogP contribution in [0.25, 0.3) is 0 Å². The van der Waals surface area contributed by atoms with Crippen molar-refractivity contribution in [3.05, 3.63) is 23.8 Å². The number of anilines is 2. The molecular formula is C17H25N3O. The van der Waals surface area contributed by atoms with Gasteiger partial charge in [0.1, 0.15) is 0 Å². The van der Waals surface area contributed by atoms with Crippen LogP contribution in [-0.4, -0.2) is 23.9 Å². The van der Waals surface area contributed by atoms with E-state index in [1.54, 1.807) is 18.2 Å². The Morgan fingerprint density at radius 2 is 1.67 bits per heavy atom. The summed E-state index contributed by atoms with van der Waals surface area (Å²) in [5, 5.41) is 0. The number of hydrogen-bond acceptors (Lipinski definition) is 3. The van der Waals surface area contributed by atoms with Gasteiger partial charge in [-0.05, 0) is 49.3 Å². The van der Waals surface area contributed by atoms with E-state index in [4.69, 9.17) is 11.5 Å². The number of rotatable bonds is 1. The lowest BCUT2D eigenvalue weighted by atomic mass is 9.68. The molecular weight excluding hydrogens is 262 g/mol. The molecule has 1 aromatic carbocycles. The number of hydrogen-bond donors (Lipinski definition) is 2. The number of piperidine rings is 1. The van der Waals surface area contributed by atoms with Gasteiger partial charge in [0.25, 0.3) is 5.91 Å². The topological polar surface area (TPSA) is 72.4 Å². The first-order valence-corrected chi connectivity index (χ1v) is 8.04. The second kappa shape index (κ2) is 5.58. The van der Waals surface area contributed by atoms with Crippen molar-refractivity contribution in [1.29, 1.82) is 0 Å². The van der Waals surface area contributed by atoms with Crippen molar-refractivity contribution in [2.24, 2.45) is 5.41 Å². The lowest BCUT2D eigenvalue weighted by Gasteiger charge is -2.44. The molecule has 1 saturated heterocycles. The van der Waals surface area contributed by atoms with Crippen LogP contribution in [0.3, 0.4) is 0 Å². The van der Waals surface area contributed by atoms with Crippen LogP contribution < -0.4 is 11.5 Å². The maximum Gasteiger partial charge on any atom is 0.255 e. The first kappa shape index (κ1) is 14.2. The number of nitrogens with two attached hydrogens (primary N) is 2. The van der Waals surface area contributed by atoms with Gasteiger partial charge in [-0.15, -0.1) is 0 Å². The Morgan fingerprint density at radius 3 is 2.29 bits per heavy atom. The van der Waals surface area contributed by atoms with Crippen LogP contribution >= 0.6 is 0 Å². The monoisotopic (exact) mass is 287 g/mol. The summed E-state index contributed by atoms with van der Waals surface area (Å²) < 4.78 is 0. The molecule has 4 heteroatoms. The molecule has 1 aliphatic heterocycles. The van der Waals surface area contributed by atoms with E-state index in [9.17, 15) is 4.79 Å². The van der Waals surface area contributed by atoms with Crippen molar-refractivity contribution in [1.82, 2.24) is 4.90 Å². The van der Waals surface area contributed by atoms with Gasteiger partial charge in [-0.2, -0.15) is 0 Å². The van der Waals surface area contributed by atoms with E-state index in [-0.39, 0.29) is 5.91 Å². The van der Waals surface area contributed by atoms with Crippen LogP contribution in [0.5, 0.6) is 0 Å². The summed E-state index contributed by atoms with van der Waals surface area (Å²) >= 11 is 0. The molecule has 1 spiro atoms. The van der Waals surface area contributed by atoms with E-state index >= 15 is 0 Å². The van der Waals surface area contributed by atoms with Crippen molar-refractivity contribution < 1.29 is 4.79 Å². The van der Waals surface area contributed by atoms with Gasteiger partial charge in [-0.3, -0.25) is 4.79 Å². The Bertz CT molecular complexity index is 525. The van der Waals surface area contributed by atoms with Crippen molar-refractivity contribution in [2.45, 2.75) is 44.9 Å². The minimum Gasteiger partial charge on any atom is -0.399 e. The summed E-state index contributed by atoms with van der Waals surface area (Å²) in [6.45, 7) is 1.73. The predicted octanol–water partition coefficient (Wildman–Crippen LogP) is 3.04. The molecule has 1 saturated carbocycles. The first-order chi connectivity index (χ1) is 10.1. The summed E-state index contributed by atoms with van der Waals surface area (Å²) in [4.78, 5) is 14.6. The van der Waals surface area contributed by atoms with Gasteiger partial charge in [0.05, 0.1) is 5.56 Å². The van der Waals surface area contributed by atoms with E-state index in [0.29, 0.717) is 22.4 Å². The molecule has 0 bridgehead atoms. The number of nitrogens with zero attached hydrogens (tertiary/aromatic N) is 1. The Labute approximate surface area is 126 Å². The molecule has 2 fully saturated rings. The molecule has 0 aromatic heterocycles. The van der Waals surface area contributed by atoms with E-state index in [0.717, 1.165) is 25.9 Å². The molecule has 1 aromatic rings. The second-order valence-electron chi connectivity index (χ2n) is 6.70. The molecule has 0 unspecified atom stereocenters. The summed E-state index contributed by atoms with van der Waals surface area (Å²) in [5.74, 6) is 0.0539. The fraction of sp³-hybridized carbons (Fsp3) is 0.588. The van der Waals surface area contributed by atoms with Crippen LogP contribution in [0.2, 0.25) is 0 Å². The van der Waals surface area contributed by atoms with Crippen LogP contribution in [0, 0.1) is 5.41 Å². The van der Waals surface area contributed by atoms with E-state index in [2.05, 4.69) is 0 Å². The predicted molar refractivity (Wildman–Crippen MR) is 85.9 cm³/mol. The molecule has 3 rings (SSSR count). The second-order valence-corrected chi connectivity index (χ2v) is 6.70. The van der Waals surface area contributed by atoms with Crippen LogP contribution in [-0.2, 0) is 0 Å². The molecule has 4 N–H and O–H groups in total. The van der Waals surface area contributed by atoms with Gasteiger partial charge < -0.3 is 16.4 Å². The molecule has 114 valence electrons. The Kier molecular flexibility index (Phi) is 3.79. The molecule has 21 heavy (non-hydrogen) atoms. The summed E-state index contributed by atoms with van der Waals surface area (Å²) in [5.41, 5.74) is 13.8. The van der Waals surface area contributed by atoms with Gasteiger partial charge in [-0.1, -0.05) is 19.3 Å². The van der Waals surface area contributed by atoms with Gasteiger partial charge in [0.15, 0.2) is 0 Å². The number of nitrogen functional groups attached to an aromatic ring is 2. The standard InChI is InChI=1S/C17H25N3O/c18-13-4-5-14(15(19)12-13)16(21)20-10-8-17(9-11-20)6-2-1-3-7-17/h4-5,12H,1-3,6-11,18-19H2. The maximum absolute atomic E-state index is 12.6. The van der Waals surface area contributed by atoms with Crippen molar-refractivity contribution in [3.8, 4) is 0 Å². The number of benzene rings is 1.